The number of hydrogen-bond donors (Lipinski definition) is 0. The van der Waals surface area contributed by atoms with Gasteiger partial charge in [0.15, 0.2) is 17.3 Å². The fraction of sp³-hybridized carbons (Fsp3) is 0.258. The third-order valence-corrected chi connectivity index (χ3v) is 8.50. The van der Waals surface area contributed by atoms with Gasteiger partial charge in [-0.15, -0.1) is 0 Å². The smallest absolute Gasteiger partial charge is 0.180 e. The van der Waals surface area contributed by atoms with Gasteiger partial charge in [0, 0.05) is 32.6 Å². The second kappa shape index (κ2) is 8.06. The second-order valence-electron chi connectivity index (χ2n) is 11.1. The van der Waals surface area contributed by atoms with E-state index in [2.05, 4.69) is 15.9 Å². The van der Waals surface area contributed by atoms with Crippen LogP contribution in [0.25, 0.3) is 6.08 Å². The van der Waals surface area contributed by atoms with E-state index < -0.39 is 34.6 Å². The van der Waals surface area contributed by atoms with Crippen LogP contribution in [0.3, 0.4) is 0 Å². The second-order valence-corrected chi connectivity index (χ2v) is 12.0. The Kier molecular flexibility index (Phi) is 5.22. The molecule has 1 spiro atoms. The maximum atomic E-state index is 14.4. The van der Waals surface area contributed by atoms with Crippen LogP contribution in [-0.4, -0.2) is 29.4 Å². The molecular weight excluding hydrogens is 533 g/mol. The Bertz CT molecular complexity index is 1480. The molecule has 1 aliphatic carbocycles. The molecule has 0 unspecified atom stereocenters. The van der Waals surface area contributed by atoms with E-state index in [0.29, 0.717) is 16.7 Å². The van der Waals surface area contributed by atoms with Gasteiger partial charge >= 0.3 is 0 Å². The van der Waals surface area contributed by atoms with Crippen LogP contribution in [-0.2, 0) is 4.79 Å². The standard InChI is InChI=1S/C31H25BrFNO3/c1-30(2,3)29(37)26-25(17-8-12-20(33)13-9-17)31(27(35)21-6-4-5-7-22(21)28(31)36)24-15-10-18-16-19(32)11-14-23(18)34(24)26/h4-16,24-26H,1-3H3/t24-,25-,26-/m1/s1. The van der Waals surface area contributed by atoms with Crippen LogP contribution in [0.1, 0.15) is 58.5 Å². The van der Waals surface area contributed by atoms with Gasteiger partial charge in [-0.25, -0.2) is 4.39 Å². The Balaban J connectivity index is 1.70. The lowest BCUT2D eigenvalue weighted by molar-refractivity contribution is -0.127. The van der Waals surface area contributed by atoms with Crippen molar-refractivity contribution in [1.82, 2.24) is 0 Å². The van der Waals surface area contributed by atoms with E-state index in [1.165, 1.54) is 12.1 Å². The molecule has 6 heteroatoms. The van der Waals surface area contributed by atoms with E-state index in [4.69, 9.17) is 0 Å². The molecule has 2 heterocycles. The largest absolute Gasteiger partial charge is 0.352 e. The van der Waals surface area contributed by atoms with Crippen LogP contribution < -0.4 is 4.90 Å². The summed E-state index contributed by atoms with van der Waals surface area (Å²) >= 11 is 3.53. The maximum Gasteiger partial charge on any atom is 0.180 e. The number of rotatable bonds is 2. The molecule has 37 heavy (non-hydrogen) atoms. The lowest BCUT2D eigenvalue weighted by atomic mass is 9.63. The predicted molar refractivity (Wildman–Crippen MR) is 144 cm³/mol. The summed E-state index contributed by atoms with van der Waals surface area (Å²) in [5.41, 5.74) is 0.708. The summed E-state index contributed by atoms with van der Waals surface area (Å²) in [6.45, 7) is 5.56. The van der Waals surface area contributed by atoms with Crippen LogP contribution in [0, 0.1) is 16.6 Å². The fourth-order valence-corrected chi connectivity index (χ4v) is 6.81. The van der Waals surface area contributed by atoms with Crippen LogP contribution in [0.5, 0.6) is 0 Å². The van der Waals surface area contributed by atoms with Gasteiger partial charge in [-0.05, 0) is 41.5 Å². The molecule has 0 aromatic heterocycles. The highest BCUT2D eigenvalue weighted by molar-refractivity contribution is 9.10. The van der Waals surface area contributed by atoms with Crippen molar-refractivity contribution in [2.45, 2.75) is 38.8 Å². The number of carbonyl (C=O) groups is 3. The minimum Gasteiger partial charge on any atom is -0.352 e. The van der Waals surface area contributed by atoms with Crippen LogP contribution in [0.15, 0.2) is 77.3 Å². The van der Waals surface area contributed by atoms with E-state index in [0.717, 1.165) is 15.7 Å². The third-order valence-electron chi connectivity index (χ3n) is 8.00. The zero-order chi connectivity index (χ0) is 26.3. The van der Waals surface area contributed by atoms with Gasteiger partial charge in [-0.1, -0.05) is 85.3 Å². The number of benzene rings is 3. The van der Waals surface area contributed by atoms with Crippen molar-refractivity contribution in [3.05, 3.63) is 105 Å². The number of fused-ring (bicyclic) bond motifs is 5. The van der Waals surface area contributed by atoms with Gasteiger partial charge in [0.25, 0.3) is 0 Å². The molecule has 1 fully saturated rings. The molecule has 186 valence electrons. The van der Waals surface area contributed by atoms with Crippen molar-refractivity contribution >= 4 is 45.0 Å². The summed E-state index contributed by atoms with van der Waals surface area (Å²) < 4.78 is 14.9. The molecule has 1 saturated heterocycles. The van der Waals surface area contributed by atoms with Crippen molar-refractivity contribution in [2.24, 2.45) is 10.8 Å². The Morgan fingerprint density at radius 1 is 0.946 bits per heavy atom. The summed E-state index contributed by atoms with van der Waals surface area (Å²) in [7, 11) is 0. The molecule has 3 aromatic rings. The minimum atomic E-state index is -1.56. The molecule has 0 radical (unpaired) electrons. The number of nitrogens with zero attached hydrogens (tertiary/aromatic N) is 1. The minimum absolute atomic E-state index is 0.0792. The zero-order valence-electron chi connectivity index (χ0n) is 20.7. The van der Waals surface area contributed by atoms with E-state index in [1.807, 2.05) is 56.0 Å². The number of anilines is 1. The van der Waals surface area contributed by atoms with Crippen molar-refractivity contribution in [3.8, 4) is 0 Å². The molecule has 2 aliphatic heterocycles. The number of ketones is 3. The predicted octanol–water partition coefficient (Wildman–Crippen LogP) is 6.64. The zero-order valence-corrected chi connectivity index (χ0v) is 22.3. The molecule has 3 aromatic carbocycles. The van der Waals surface area contributed by atoms with Crippen molar-refractivity contribution in [3.63, 3.8) is 0 Å². The lowest BCUT2D eigenvalue weighted by Gasteiger charge is -2.38. The van der Waals surface area contributed by atoms with Gasteiger partial charge in [0.05, 0.1) is 12.1 Å². The summed E-state index contributed by atoms with van der Waals surface area (Å²) in [6, 6.07) is 17.1. The van der Waals surface area contributed by atoms with E-state index >= 15 is 0 Å². The molecule has 0 bridgehead atoms. The highest BCUT2D eigenvalue weighted by Crippen LogP contribution is 2.61. The van der Waals surface area contributed by atoms with Gasteiger partial charge in [0.2, 0.25) is 0 Å². The van der Waals surface area contributed by atoms with Gasteiger partial charge in [0.1, 0.15) is 11.2 Å². The van der Waals surface area contributed by atoms with E-state index in [9.17, 15) is 18.8 Å². The number of Topliss-reactive ketones (excluding diaryl/α,β-unsaturated/α-hetero) is 3. The molecule has 0 saturated carbocycles. The molecule has 6 rings (SSSR count). The first-order valence-corrected chi connectivity index (χ1v) is 13.1. The first kappa shape index (κ1) is 24.0. The molecular formula is C31H25BrFNO3. The van der Waals surface area contributed by atoms with Gasteiger partial charge in [-0.3, -0.25) is 14.4 Å². The highest BCUT2D eigenvalue weighted by Gasteiger charge is 2.71. The monoisotopic (exact) mass is 557 g/mol. The highest BCUT2D eigenvalue weighted by atomic mass is 79.9. The summed E-state index contributed by atoms with van der Waals surface area (Å²) in [5.74, 6) is -1.88. The summed E-state index contributed by atoms with van der Waals surface area (Å²) in [6.07, 6.45) is 3.82. The van der Waals surface area contributed by atoms with E-state index in [1.54, 1.807) is 36.4 Å². The number of carbonyl (C=O) groups excluding carboxylic acids is 3. The van der Waals surface area contributed by atoms with Gasteiger partial charge < -0.3 is 4.90 Å². The van der Waals surface area contributed by atoms with Crippen LogP contribution >= 0.6 is 15.9 Å². The maximum absolute atomic E-state index is 14.4. The molecule has 3 atom stereocenters. The van der Waals surface area contributed by atoms with Crippen molar-refractivity contribution in [1.29, 1.82) is 0 Å². The van der Waals surface area contributed by atoms with Crippen LogP contribution in [0.4, 0.5) is 10.1 Å². The Hall–Kier alpha value is -3.38. The topological polar surface area (TPSA) is 54.5 Å². The normalized spacial score (nSPS) is 23.3. The van der Waals surface area contributed by atoms with Crippen LogP contribution in [0.2, 0.25) is 0 Å². The van der Waals surface area contributed by atoms with Gasteiger partial charge in [-0.2, -0.15) is 0 Å². The molecule has 3 aliphatic rings. The summed E-state index contributed by atoms with van der Waals surface area (Å²) in [5, 5.41) is 0. The first-order chi connectivity index (χ1) is 17.6. The van der Waals surface area contributed by atoms with E-state index in [-0.39, 0.29) is 17.3 Å². The average Bonchev–Trinajstić information content (AvgIpc) is 3.29. The molecule has 0 N–H and O–H groups in total. The third kappa shape index (κ3) is 3.21. The SMILES string of the molecule is CC(C)(C)C(=O)[C@H]1[C@@H](c2ccc(F)cc2)C2(C(=O)c3ccccc3C2=O)[C@H]2C=Cc3cc(Br)ccc3N12. The summed E-state index contributed by atoms with van der Waals surface area (Å²) in [4.78, 5) is 45.2. The van der Waals surface area contributed by atoms with Crippen molar-refractivity contribution in [2.75, 3.05) is 4.90 Å². The quantitative estimate of drug-likeness (QED) is 0.331. The Labute approximate surface area is 223 Å². The Morgan fingerprint density at radius 3 is 2.16 bits per heavy atom. The number of halogens is 2. The Morgan fingerprint density at radius 2 is 1.57 bits per heavy atom. The number of hydrogen-bond acceptors (Lipinski definition) is 4. The molecule has 4 nitrogen and oxygen atoms in total. The lowest BCUT2D eigenvalue weighted by Crippen LogP contribution is -2.49. The first-order valence-electron chi connectivity index (χ1n) is 12.3. The van der Waals surface area contributed by atoms with Crippen molar-refractivity contribution < 1.29 is 18.8 Å². The fourth-order valence-electron chi connectivity index (χ4n) is 6.43. The average molecular weight is 558 g/mol. The molecule has 0 amide bonds.